The van der Waals surface area contributed by atoms with E-state index in [2.05, 4.69) is 0 Å². The summed E-state index contributed by atoms with van der Waals surface area (Å²) in [6.07, 6.45) is 0.646. The first kappa shape index (κ1) is 12.5. The molecule has 17 heavy (non-hydrogen) atoms. The molecule has 6 heteroatoms. The SMILES string of the molecule is Cc1ccc(S(=O)(=O)N2CC[C@H](N)C2)cc1F. The van der Waals surface area contributed by atoms with Crippen LogP contribution in [0.3, 0.4) is 0 Å². The maximum atomic E-state index is 13.4. The van der Waals surface area contributed by atoms with Crippen LogP contribution in [0, 0.1) is 12.7 Å². The Bertz CT molecular complexity index is 530. The number of rotatable bonds is 2. The van der Waals surface area contributed by atoms with Crippen LogP contribution in [0.25, 0.3) is 0 Å². The lowest BCUT2D eigenvalue weighted by Crippen LogP contribution is -2.32. The van der Waals surface area contributed by atoms with Crippen LogP contribution in [0.1, 0.15) is 12.0 Å². The van der Waals surface area contributed by atoms with E-state index in [0.29, 0.717) is 25.1 Å². The molecule has 0 spiro atoms. The first-order valence-corrected chi connectivity index (χ1v) is 6.87. The lowest BCUT2D eigenvalue weighted by atomic mass is 10.2. The third-order valence-corrected chi connectivity index (χ3v) is 4.83. The number of aryl methyl sites for hydroxylation is 1. The molecule has 0 radical (unpaired) electrons. The zero-order valence-electron chi connectivity index (χ0n) is 9.56. The van der Waals surface area contributed by atoms with E-state index in [9.17, 15) is 12.8 Å². The summed E-state index contributed by atoms with van der Waals surface area (Å²) in [6, 6.07) is 3.84. The minimum absolute atomic E-state index is 0.00491. The topological polar surface area (TPSA) is 63.4 Å². The number of hydrogen-bond donors (Lipinski definition) is 1. The molecule has 0 aliphatic carbocycles. The Kier molecular flexibility index (Phi) is 3.20. The molecule has 0 aromatic heterocycles. The van der Waals surface area contributed by atoms with E-state index in [-0.39, 0.29) is 10.9 Å². The Morgan fingerprint density at radius 2 is 2.18 bits per heavy atom. The molecule has 1 aliphatic rings. The van der Waals surface area contributed by atoms with Gasteiger partial charge in [0.05, 0.1) is 4.90 Å². The summed E-state index contributed by atoms with van der Waals surface area (Å²) < 4.78 is 39.0. The number of sulfonamides is 1. The van der Waals surface area contributed by atoms with Crippen molar-refractivity contribution in [1.82, 2.24) is 4.31 Å². The van der Waals surface area contributed by atoms with Crippen LogP contribution in [0.4, 0.5) is 4.39 Å². The second-order valence-corrected chi connectivity index (χ2v) is 6.26. The van der Waals surface area contributed by atoms with Crippen molar-refractivity contribution in [3.8, 4) is 0 Å². The molecule has 1 saturated heterocycles. The highest BCUT2D eigenvalue weighted by molar-refractivity contribution is 7.89. The number of halogens is 1. The Morgan fingerprint density at radius 1 is 1.47 bits per heavy atom. The van der Waals surface area contributed by atoms with Crippen LogP contribution in [0.2, 0.25) is 0 Å². The van der Waals surface area contributed by atoms with Crippen molar-refractivity contribution in [2.75, 3.05) is 13.1 Å². The summed E-state index contributed by atoms with van der Waals surface area (Å²) in [7, 11) is -3.60. The highest BCUT2D eigenvalue weighted by Gasteiger charge is 2.31. The van der Waals surface area contributed by atoms with Crippen molar-refractivity contribution in [2.24, 2.45) is 5.73 Å². The van der Waals surface area contributed by atoms with Crippen LogP contribution in [0.5, 0.6) is 0 Å². The van der Waals surface area contributed by atoms with Crippen molar-refractivity contribution < 1.29 is 12.8 Å². The number of benzene rings is 1. The van der Waals surface area contributed by atoms with Crippen molar-refractivity contribution in [1.29, 1.82) is 0 Å². The fourth-order valence-electron chi connectivity index (χ4n) is 1.86. The molecule has 0 amide bonds. The van der Waals surface area contributed by atoms with Crippen molar-refractivity contribution in [3.63, 3.8) is 0 Å². The van der Waals surface area contributed by atoms with Gasteiger partial charge < -0.3 is 5.73 Å². The average Bonchev–Trinajstić information content (AvgIpc) is 2.69. The van der Waals surface area contributed by atoms with Gasteiger partial charge in [-0.25, -0.2) is 12.8 Å². The van der Waals surface area contributed by atoms with Gasteiger partial charge >= 0.3 is 0 Å². The van der Waals surface area contributed by atoms with Gasteiger partial charge in [0.15, 0.2) is 0 Å². The second kappa shape index (κ2) is 4.36. The van der Waals surface area contributed by atoms with Gasteiger partial charge in [-0.05, 0) is 31.0 Å². The molecule has 0 bridgehead atoms. The summed E-state index contributed by atoms with van der Waals surface area (Å²) in [4.78, 5) is -0.00491. The summed E-state index contributed by atoms with van der Waals surface area (Å²) in [6.45, 7) is 2.30. The van der Waals surface area contributed by atoms with E-state index in [4.69, 9.17) is 5.73 Å². The van der Waals surface area contributed by atoms with Gasteiger partial charge in [0.1, 0.15) is 5.82 Å². The van der Waals surface area contributed by atoms with E-state index in [1.807, 2.05) is 0 Å². The average molecular weight is 258 g/mol. The van der Waals surface area contributed by atoms with Crippen LogP contribution >= 0.6 is 0 Å². The molecule has 1 aliphatic heterocycles. The van der Waals surface area contributed by atoms with Gasteiger partial charge in [0.25, 0.3) is 0 Å². The number of nitrogens with zero attached hydrogens (tertiary/aromatic N) is 1. The monoisotopic (exact) mass is 258 g/mol. The van der Waals surface area contributed by atoms with E-state index in [1.165, 1.54) is 16.4 Å². The van der Waals surface area contributed by atoms with Gasteiger partial charge in [0, 0.05) is 19.1 Å². The molecule has 2 N–H and O–H groups in total. The van der Waals surface area contributed by atoms with Gasteiger partial charge in [0.2, 0.25) is 10.0 Å². The van der Waals surface area contributed by atoms with E-state index >= 15 is 0 Å². The molecular formula is C11H15FN2O2S. The Morgan fingerprint density at radius 3 is 2.71 bits per heavy atom. The summed E-state index contributed by atoms with van der Waals surface area (Å²) in [5, 5.41) is 0. The highest BCUT2D eigenvalue weighted by atomic mass is 32.2. The van der Waals surface area contributed by atoms with E-state index in [0.717, 1.165) is 6.07 Å². The maximum Gasteiger partial charge on any atom is 0.243 e. The van der Waals surface area contributed by atoms with Gasteiger partial charge in [-0.15, -0.1) is 0 Å². The first-order valence-electron chi connectivity index (χ1n) is 5.43. The van der Waals surface area contributed by atoms with Crippen LogP contribution in [-0.2, 0) is 10.0 Å². The van der Waals surface area contributed by atoms with Crippen molar-refractivity contribution in [3.05, 3.63) is 29.6 Å². The largest absolute Gasteiger partial charge is 0.326 e. The third kappa shape index (κ3) is 2.34. The Labute approximate surface area is 100 Å². The van der Waals surface area contributed by atoms with Crippen molar-refractivity contribution >= 4 is 10.0 Å². The molecule has 1 aromatic carbocycles. The molecule has 0 saturated carbocycles. The lowest BCUT2D eigenvalue weighted by molar-refractivity contribution is 0.471. The molecule has 1 heterocycles. The minimum atomic E-state index is -3.60. The summed E-state index contributed by atoms with van der Waals surface area (Å²) in [5.41, 5.74) is 6.11. The van der Waals surface area contributed by atoms with Gasteiger partial charge in [-0.2, -0.15) is 4.31 Å². The zero-order valence-corrected chi connectivity index (χ0v) is 10.4. The molecule has 94 valence electrons. The van der Waals surface area contributed by atoms with Crippen molar-refractivity contribution in [2.45, 2.75) is 24.3 Å². The molecule has 1 aromatic rings. The smallest absolute Gasteiger partial charge is 0.243 e. The molecule has 1 fully saturated rings. The molecule has 1 atom stereocenters. The maximum absolute atomic E-state index is 13.4. The van der Waals surface area contributed by atoms with E-state index in [1.54, 1.807) is 6.92 Å². The van der Waals surface area contributed by atoms with Crippen LogP contribution < -0.4 is 5.73 Å². The Balaban J connectivity index is 2.35. The van der Waals surface area contributed by atoms with Crippen LogP contribution in [-0.4, -0.2) is 31.9 Å². The quantitative estimate of drug-likeness (QED) is 0.855. The zero-order chi connectivity index (χ0) is 12.6. The highest BCUT2D eigenvalue weighted by Crippen LogP contribution is 2.22. The fourth-order valence-corrected chi connectivity index (χ4v) is 3.38. The normalized spacial score (nSPS) is 21.9. The minimum Gasteiger partial charge on any atom is -0.326 e. The third-order valence-electron chi connectivity index (χ3n) is 2.97. The Hall–Kier alpha value is -0.980. The fraction of sp³-hybridized carbons (Fsp3) is 0.455. The summed E-state index contributed by atoms with van der Waals surface area (Å²) >= 11 is 0. The number of hydrogen-bond acceptors (Lipinski definition) is 3. The molecule has 0 unspecified atom stereocenters. The van der Waals surface area contributed by atoms with E-state index < -0.39 is 15.8 Å². The molecule has 4 nitrogen and oxygen atoms in total. The lowest BCUT2D eigenvalue weighted by Gasteiger charge is -2.16. The molecule has 2 rings (SSSR count). The standard InChI is InChI=1S/C11H15FN2O2S/c1-8-2-3-10(6-11(8)12)17(15,16)14-5-4-9(13)7-14/h2-3,6,9H,4-5,7,13H2,1H3/t9-/m0/s1. The summed E-state index contributed by atoms with van der Waals surface area (Å²) in [5.74, 6) is -0.505. The predicted octanol–water partition coefficient (Wildman–Crippen LogP) is 0.856. The predicted molar refractivity (Wildman–Crippen MR) is 62.5 cm³/mol. The van der Waals surface area contributed by atoms with Gasteiger partial charge in [-0.3, -0.25) is 0 Å². The van der Waals surface area contributed by atoms with Crippen LogP contribution in [0.15, 0.2) is 23.1 Å². The van der Waals surface area contributed by atoms with Gasteiger partial charge in [-0.1, -0.05) is 6.07 Å². The second-order valence-electron chi connectivity index (χ2n) is 4.32. The number of nitrogens with two attached hydrogens (primary N) is 1. The first-order chi connectivity index (χ1) is 7.91. The molecular weight excluding hydrogens is 243 g/mol.